The van der Waals surface area contributed by atoms with Crippen LogP contribution in [0.3, 0.4) is 0 Å². The maximum absolute atomic E-state index is 6.41. The first-order valence-corrected chi connectivity index (χ1v) is 8.09. The zero-order valence-electron chi connectivity index (χ0n) is 13.5. The summed E-state index contributed by atoms with van der Waals surface area (Å²) in [6.45, 7) is 10.8. The van der Waals surface area contributed by atoms with E-state index in [9.17, 15) is 0 Å². The molecule has 0 aliphatic rings. The van der Waals surface area contributed by atoms with Crippen molar-refractivity contribution in [2.24, 2.45) is 5.92 Å². The van der Waals surface area contributed by atoms with E-state index in [0.29, 0.717) is 12.0 Å². The summed E-state index contributed by atoms with van der Waals surface area (Å²) in [6, 6.07) is 6.77. The number of nitrogens with one attached hydrogen (secondary N) is 1. The molecule has 2 nitrogen and oxygen atoms in total. The number of rotatable bonds is 8. The molecule has 0 aliphatic heterocycles. The normalized spacial score (nSPS) is 11.4. The standard InChI is InChI=1S/C17H29ClN2/c1-6-14(7-2)20(5)17-10-8-9-16(18)15(17)12-19-11-13(3)4/h8-10,13-14,19H,6-7,11-12H2,1-5H3. The molecular weight excluding hydrogens is 268 g/mol. The van der Waals surface area contributed by atoms with Gasteiger partial charge in [-0.3, -0.25) is 0 Å². The predicted octanol–water partition coefficient (Wildman–Crippen LogP) is 4.71. The minimum atomic E-state index is 0.567. The zero-order valence-corrected chi connectivity index (χ0v) is 14.3. The van der Waals surface area contributed by atoms with Crippen LogP contribution in [0.1, 0.15) is 46.1 Å². The first-order chi connectivity index (χ1) is 9.51. The van der Waals surface area contributed by atoms with Gasteiger partial charge in [0.1, 0.15) is 0 Å². The van der Waals surface area contributed by atoms with Crippen LogP contribution in [0.15, 0.2) is 18.2 Å². The molecule has 0 bridgehead atoms. The topological polar surface area (TPSA) is 15.3 Å². The van der Waals surface area contributed by atoms with Gasteiger partial charge in [-0.25, -0.2) is 0 Å². The van der Waals surface area contributed by atoms with Crippen LogP contribution < -0.4 is 10.2 Å². The molecule has 0 radical (unpaired) electrons. The van der Waals surface area contributed by atoms with E-state index >= 15 is 0 Å². The van der Waals surface area contributed by atoms with Gasteiger partial charge in [-0.1, -0.05) is 45.4 Å². The smallest absolute Gasteiger partial charge is 0.0471 e. The highest BCUT2D eigenvalue weighted by atomic mass is 35.5. The van der Waals surface area contributed by atoms with Gasteiger partial charge in [0, 0.05) is 35.9 Å². The fourth-order valence-corrected chi connectivity index (χ4v) is 2.81. The lowest BCUT2D eigenvalue weighted by molar-refractivity contribution is 0.549. The first-order valence-electron chi connectivity index (χ1n) is 7.72. The molecule has 20 heavy (non-hydrogen) atoms. The lowest BCUT2D eigenvalue weighted by Gasteiger charge is -2.31. The van der Waals surface area contributed by atoms with E-state index in [4.69, 9.17) is 11.6 Å². The van der Waals surface area contributed by atoms with Gasteiger partial charge >= 0.3 is 0 Å². The van der Waals surface area contributed by atoms with Crippen molar-refractivity contribution in [1.29, 1.82) is 0 Å². The minimum Gasteiger partial charge on any atom is -0.371 e. The molecule has 0 aromatic heterocycles. The van der Waals surface area contributed by atoms with Crippen molar-refractivity contribution in [3.05, 3.63) is 28.8 Å². The van der Waals surface area contributed by atoms with Crippen LogP contribution in [-0.2, 0) is 6.54 Å². The number of anilines is 1. The van der Waals surface area contributed by atoms with Crippen molar-refractivity contribution in [3.8, 4) is 0 Å². The summed E-state index contributed by atoms with van der Waals surface area (Å²) in [5.41, 5.74) is 2.46. The Balaban J connectivity index is 2.92. The summed E-state index contributed by atoms with van der Waals surface area (Å²) in [4.78, 5) is 2.37. The SMILES string of the molecule is CCC(CC)N(C)c1cccc(Cl)c1CNCC(C)C. The van der Waals surface area contributed by atoms with Crippen LogP contribution in [0.5, 0.6) is 0 Å². The fourth-order valence-electron chi connectivity index (χ4n) is 2.57. The van der Waals surface area contributed by atoms with E-state index < -0.39 is 0 Å². The van der Waals surface area contributed by atoms with Gasteiger partial charge in [0.05, 0.1) is 0 Å². The van der Waals surface area contributed by atoms with Crippen LogP contribution in [0.4, 0.5) is 5.69 Å². The van der Waals surface area contributed by atoms with Crippen LogP contribution in [0, 0.1) is 5.92 Å². The molecular formula is C17H29ClN2. The Morgan fingerprint density at radius 1 is 1.20 bits per heavy atom. The van der Waals surface area contributed by atoms with Gasteiger partial charge in [0.2, 0.25) is 0 Å². The Bertz CT molecular complexity index is 400. The molecule has 1 rings (SSSR count). The van der Waals surface area contributed by atoms with E-state index in [2.05, 4.69) is 51.0 Å². The zero-order chi connectivity index (χ0) is 15.1. The molecule has 0 amide bonds. The Kier molecular flexibility index (Phi) is 7.39. The molecule has 0 heterocycles. The van der Waals surface area contributed by atoms with E-state index in [1.54, 1.807) is 0 Å². The number of benzene rings is 1. The molecule has 0 aliphatic carbocycles. The second-order valence-corrected chi connectivity index (χ2v) is 6.25. The largest absolute Gasteiger partial charge is 0.371 e. The maximum Gasteiger partial charge on any atom is 0.0471 e. The van der Waals surface area contributed by atoms with Crippen molar-refractivity contribution in [2.75, 3.05) is 18.5 Å². The number of nitrogens with zero attached hydrogens (tertiary/aromatic N) is 1. The van der Waals surface area contributed by atoms with Crippen LogP contribution in [0.25, 0.3) is 0 Å². The Morgan fingerprint density at radius 3 is 2.40 bits per heavy atom. The van der Waals surface area contributed by atoms with Gasteiger partial charge in [0.25, 0.3) is 0 Å². The molecule has 114 valence electrons. The molecule has 3 heteroatoms. The number of halogens is 1. The first kappa shape index (κ1) is 17.3. The summed E-state index contributed by atoms with van der Waals surface area (Å²) in [6.07, 6.45) is 2.30. The van der Waals surface area contributed by atoms with Gasteiger partial charge in [-0.15, -0.1) is 0 Å². The Labute approximate surface area is 129 Å². The molecule has 1 aromatic carbocycles. The average Bonchev–Trinajstić information content (AvgIpc) is 2.41. The highest BCUT2D eigenvalue weighted by Crippen LogP contribution is 2.29. The van der Waals surface area contributed by atoms with E-state index in [0.717, 1.165) is 31.0 Å². The lowest BCUT2D eigenvalue weighted by atomic mass is 10.1. The predicted molar refractivity (Wildman–Crippen MR) is 90.8 cm³/mol. The summed E-state index contributed by atoms with van der Waals surface area (Å²) in [7, 11) is 2.18. The van der Waals surface area contributed by atoms with Crippen molar-refractivity contribution in [2.45, 2.75) is 53.1 Å². The van der Waals surface area contributed by atoms with Gasteiger partial charge in [0.15, 0.2) is 0 Å². The molecule has 0 fully saturated rings. The van der Waals surface area contributed by atoms with E-state index in [1.165, 1.54) is 11.3 Å². The Hall–Kier alpha value is -0.730. The molecule has 0 atom stereocenters. The van der Waals surface area contributed by atoms with Crippen molar-refractivity contribution in [1.82, 2.24) is 5.32 Å². The molecule has 0 unspecified atom stereocenters. The molecule has 1 aromatic rings. The third-order valence-electron chi connectivity index (χ3n) is 3.82. The van der Waals surface area contributed by atoms with Crippen LogP contribution in [0.2, 0.25) is 5.02 Å². The van der Waals surface area contributed by atoms with Crippen LogP contribution in [-0.4, -0.2) is 19.6 Å². The minimum absolute atomic E-state index is 0.567. The van der Waals surface area contributed by atoms with E-state index in [-0.39, 0.29) is 0 Å². The molecule has 0 saturated carbocycles. The highest BCUT2D eigenvalue weighted by molar-refractivity contribution is 6.31. The van der Waals surface area contributed by atoms with Gasteiger partial charge in [-0.05, 0) is 37.4 Å². The molecule has 1 N–H and O–H groups in total. The average molecular weight is 297 g/mol. The quantitative estimate of drug-likeness (QED) is 0.747. The summed E-state index contributed by atoms with van der Waals surface area (Å²) in [5, 5.41) is 4.36. The third kappa shape index (κ3) is 4.68. The monoisotopic (exact) mass is 296 g/mol. The van der Waals surface area contributed by atoms with Gasteiger partial charge < -0.3 is 10.2 Å². The van der Waals surface area contributed by atoms with Crippen molar-refractivity contribution < 1.29 is 0 Å². The second-order valence-electron chi connectivity index (χ2n) is 5.84. The molecule has 0 saturated heterocycles. The maximum atomic E-state index is 6.41. The van der Waals surface area contributed by atoms with Crippen molar-refractivity contribution >= 4 is 17.3 Å². The third-order valence-corrected chi connectivity index (χ3v) is 4.17. The molecule has 0 spiro atoms. The Morgan fingerprint density at radius 2 is 1.85 bits per heavy atom. The van der Waals surface area contributed by atoms with Crippen molar-refractivity contribution in [3.63, 3.8) is 0 Å². The van der Waals surface area contributed by atoms with Crippen LogP contribution >= 0.6 is 11.6 Å². The summed E-state index contributed by atoms with van der Waals surface area (Å²) >= 11 is 6.41. The number of hydrogen-bond donors (Lipinski definition) is 1. The lowest BCUT2D eigenvalue weighted by Crippen LogP contribution is -2.32. The van der Waals surface area contributed by atoms with E-state index in [1.807, 2.05) is 12.1 Å². The summed E-state index contributed by atoms with van der Waals surface area (Å²) < 4.78 is 0. The second kappa shape index (κ2) is 8.53. The number of hydrogen-bond acceptors (Lipinski definition) is 2. The van der Waals surface area contributed by atoms with Gasteiger partial charge in [-0.2, -0.15) is 0 Å². The fraction of sp³-hybridized carbons (Fsp3) is 0.647. The summed E-state index contributed by atoms with van der Waals surface area (Å²) in [5.74, 6) is 0.651. The highest BCUT2D eigenvalue weighted by Gasteiger charge is 2.16.